The maximum Gasteiger partial charge on any atom is 0.0899 e. The van der Waals surface area contributed by atoms with E-state index in [-0.39, 0.29) is 0 Å². The van der Waals surface area contributed by atoms with Gasteiger partial charge in [0, 0.05) is 17.1 Å². The number of aromatic nitrogens is 1. The molecule has 14 heavy (non-hydrogen) atoms. The van der Waals surface area contributed by atoms with Crippen LogP contribution in [0.25, 0.3) is 10.9 Å². The van der Waals surface area contributed by atoms with Crippen LogP contribution in [0.5, 0.6) is 0 Å². The molecule has 0 bridgehead atoms. The Morgan fingerprint density at radius 3 is 2.86 bits per heavy atom. The molecule has 2 aromatic rings. The Kier molecular flexibility index (Phi) is 1.38. The van der Waals surface area contributed by atoms with Gasteiger partial charge in [0.05, 0.1) is 5.60 Å². The van der Waals surface area contributed by atoms with Crippen molar-refractivity contribution in [3.8, 4) is 0 Å². The van der Waals surface area contributed by atoms with Crippen molar-refractivity contribution in [2.45, 2.75) is 25.4 Å². The lowest BCUT2D eigenvalue weighted by Crippen LogP contribution is -2.04. The highest BCUT2D eigenvalue weighted by Gasteiger charge is 2.42. The van der Waals surface area contributed by atoms with Crippen molar-refractivity contribution >= 4 is 10.9 Å². The van der Waals surface area contributed by atoms with Crippen LogP contribution in [-0.4, -0.2) is 10.1 Å². The van der Waals surface area contributed by atoms with Crippen LogP contribution < -0.4 is 0 Å². The quantitative estimate of drug-likeness (QED) is 0.706. The highest BCUT2D eigenvalue weighted by molar-refractivity contribution is 5.83. The number of rotatable bonds is 1. The molecule has 1 aromatic carbocycles. The Bertz CT molecular complexity index is 494. The third-order valence-corrected chi connectivity index (χ3v) is 3.12. The number of fused-ring (bicyclic) bond motifs is 1. The molecule has 2 nitrogen and oxygen atoms in total. The molecule has 0 unspecified atom stereocenters. The molecule has 2 heteroatoms. The topological polar surface area (TPSA) is 36.0 Å². The number of benzene rings is 1. The van der Waals surface area contributed by atoms with Crippen molar-refractivity contribution in [1.29, 1.82) is 0 Å². The van der Waals surface area contributed by atoms with Crippen LogP contribution >= 0.6 is 0 Å². The van der Waals surface area contributed by atoms with Crippen LogP contribution in [-0.2, 0) is 5.60 Å². The van der Waals surface area contributed by atoms with Gasteiger partial charge in [-0.3, -0.25) is 0 Å². The number of aliphatic hydroxyl groups is 1. The van der Waals surface area contributed by atoms with Gasteiger partial charge in [0.2, 0.25) is 0 Å². The fourth-order valence-corrected chi connectivity index (χ4v) is 2.03. The molecule has 3 rings (SSSR count). The molecule has 0 amide bonds. The van der Waals surface area contributed by atoms with E-state index in [0.29, 0.717) is 0 Å². The van der Waals surface area contributed by atoms with Crippen LogP contribution in [0, 0.1) is 6.92 Å². The van der Waals surface area contributed by atoms with Crippen LogP contribution in [0.4, 0.5) is 0 Å². The first-order chi connectivity index (χ1) is 6.69. The molecule has 0 radical (unpaired) electrons. The third-order valence-electron chi connectivity index (χ3n) is 3.12. The summed E-state index contributed by atoms with van der Waals surface area (Å²) < 4.78 is 0. The summed E-state index contributed by atoms with van der Waals surface area (Å²) in [6.45, 7) is 2.08. The molecule has 0 aliphatic heterocycles. The minimum atomic E-state index is -0.518. The first kappa shape index (κ1) is 8.06. The molecule has 72 valence electrons. The lowest BCUT2D eigenvalue weighted by atomic mass is 10.0. The summed E-state index contributed by atoms with van der Waals surface area (Å²) >= 11 is 0. The molecule has 0 spiro atoms. The van der Waals surface area contributed by atoms with E-state index in [9.17, 15) is 5.11 Å². The van der Waals surface area contributed by atoms with Gasteiger partial charge in [-0.15, -0.1) is 0 Å². The van der Waals surface area contributed by atoms with E-state index in [0.717, 1.165) is 18.4 Å². The van der Waals surface area contributed by atoms with E-state index in [2.05, 4.69) is 30.1 Å². The van der Waals surface area contributed by atoms with Gasteiger partial charge in [0.1, 0.15) is 0 Å². The van der Waals surface area contributed by atoms with Gasteiger partial charge in [-0.2, -0.15) is 0 Å². The minimum Gasteiger partial charge on any atom is -0.385 e. The molecule has 0 atom stereocenters. The summed E-state index contributed by atoms with van der Waals surface area (Å²) in [5, 5.41) is 11.2. The van der Waals surface area contributed by atoms with Crippen molar-refractivity contribution in [2.24, 2.45) is 0 Å². The Morgan fingerprint density at radius 2 is 2.14 bits per heavy atom. The number of nitrogens with one attached hydrogen (secondary N) is 1. The Balaban J connectivity index is 2.27. The summed E-state index contributed by atoms with van der Waals surface area (Å²) in [4.78, 5) is 3.21. The number of aryl methyl sites for hydroxylation is 1. The number of aromatic amines is 1. The van der Waals surface area contributed by atoms with Crippen LogP contribution in [0.2, 0.25) is 0 Å². The van der Waals surface area contributed by atoms with Gasteiger partial charge < -0.3 is 10.1 Å². The molecule has 1 saturated carbocycles. The minimum absolute atomic E-state index is 0.518. The molecule has 1 aliphatic carbocycles. The molecule has 2 N–H and O–H groups in total. The fraction of sp³-hybridized carbons (Fsp3) is 0.333. The van der Waals surface area contributed by atoms with Gasteiger partial charge >= 0.3 is 0 Å². The van der Waals surface area contributed by atoms with E-state index in [1.807, 2.05) is 6.20 Å². The largest absolute Gasteiger partial charge is 0.385 e. The van der Waals surface area contributed by atoms with Gasteiger partial charge in [0.25, 0.3) is 0 Å². The maximum atomic E-state index is 10.0. The normalized spacial score (nSPS) is 18.7. The highest BCUT2D eigenvalue weighted by atomic mass is 16.3. The summed E-state index contributed by atoms with van der Waals surface area (Å²) in [7, 11) is 0. The average Bonchev–Trinajstić information content (AvgIpc) is 2.75. The van der Waals surface area contributed by atoms with E-state index in [4.69, 9.17) is 0 Å². The summed E-state index contributed by atoms with van der Waals surface area (Å²) in [5.41, 5.74) is 2.94. The van der Waals surface area contributed by atoms with Crippen LogP contribution in [0.3, 0.4) is 0 Å². The van der Waals surface area contributed by atoms with Crippen molar-refractivity contribution < 1.29 is 5.11 Å². The first-order valence-electron chi connectivity index (χ1n) is 5.00. The first-order valence-corrected chi connectivity index (χ1v) is 5.00. The van der Waals surface area contributed by atoms with E-state index in [1.54, 1.807) is 0 Å². The van der Waals surface area contributed by atoms with Gasteiger partial charge in [-0.05, 0) is 43.0 Å². The molecule has 1 aliphatic rings. The number of hydrogen-bond donors (Lipinski definition) is 2. The molecule has 0 saturated heterocycles. The predicted octanol–water partition coefficient (Wildman–Crippen LogP) is 2.46. The zero-order chi connectivity index (χ0) is 9.76. The van der Waals surface area contributed by atoms with Gasteiger partial charge in [-0.1, -0.05) is 6.07 Å². The smallest absolute Gasteiger partial charge is 0.0899 e. The average molecular weight is 187 g/mol. The second-order valence-electron chi connectivity index (χ2n) is 4.27. The molecular formula is C12H13NO. The fourth-order valence-electron chi connectivity index (χ4n) is 2.03. The second kappa shape index (κ2) is 2.39. The monoisotopic (exact) mass is 187 g/mol. The molecular weight excluding hydrogens is 174 g/mol. The van der Waals surface area contributed by atoms with Crippen LogP contribution in [0.1, 0.15) is 24.0 Å². The Labute approximate surface area is 82.6 Å². The van der Waals surface area contributed by atoms with Crippen molar-refractivity contribution in [3.63, 3.8) is 0 Å². The van der Waals surface area contributed by atoms with E-state index >= 15 is 0 Å². The van der Waals surface area contributed by atoms with E-state index < -0.39 is 5.60 Å². The maximum absolute atomic E-state index is 10.0. The molecule has 1 aromatic heterocycles. The molecule has 1 fully saturated rings. The zero-order valence-electron chi connectivity index (χ0n) is 8.17. The standard InChI is InChI=1S/C12H13NO/c1-8-6-10(12(14)3-4-12)7-9-2-5-13-11(8)9/h2,5-7,13-14H,3-4H2,1H3. The zero-order valence-corrected chi connectivity index (χ0v) is 8.17. The summed E-state index contributed by atoms with van der Waals surface area (Å²) in [5.74, 6) is 0. The lowest BCUT2D eigenvalue weighted by molar-refractivity contribution is 0.151. The van der Waals surface area contributed by atoms with Gasteiger partial charge in [-0.25, -0.2) is 0 Å². The highest BCUT2D eigenvalue weighted by Crippen LogP contribution is 2.46. The van der Waals surface area contributed by atoms with Crippen molar-refractivity contribution in [2.75, 3.05) is 0 Å². The molecule has 1 heterocycles. The van der Waals surface area contributed by atoms with Crippen molar-refractivity contribution in [3.05, 3.63) is 35.5 Å². The number of H-pyrrole nitrogens is 1. The van der Waals surface area contributed by atoms with Crippen molar-refractivity contribution in [1.82, 2.24) is 4.98 Å². The summed E-state index contributed by atoms with van der Waals surface area (Å²) in [6, 6.07) is 6.23. The summed E-state index contributed by atoms with van der Waals surface area (Å²) in [6.07, 6.45) is 3.75. The Morgan fingerprint density at radius 1 is 1.36 bits per heavy atom. The Hall–Kier alpha value is -1.28. The number of hydrogen-bond acceptors (Lipinski definition) is 1. The van der Waals surface area contributed by atoms with Gasteiger partial charge in [0.15, 0.2) is 0 Å². The van der Waals surface area contributed by atoms with E-state index in [1.165, 1.54) is 16.5 Å². The lowest BCUT2D eigenvalue weighted by Gasteiger charge is -2.09. The third kappa shape index (κ3) is 1.01. The predicted molar refractivity (Wildman–Crippen MR) is 56.2 cm³/mol. The van der Waals surface area contributed by atoms with Crippen LogP contribution in [0.15, 0.2) is 24.4 Å². The second-order valence-corrected chi connectivity index (χ2v) is 4.27. The SMILES string of the molecule is Cc1cc(C2(O)CC2)cc2cc[nH]c12.